The van der Waals surface area contributed by atoms with Crippen molar-refractivity contribution < 1.29 is 34.1 Å². The summed E-state index contributed by atoms with van der Waals surface area (Å²) < 4.78 is 10.6. The number of aliphatic carboxylic acids is 1. The molecule has 4 N–H and O–H groups in total. The molecule has 0 radical (unpaired) electrons. The van der Waals surface area contributed by atoms with Gasteiger partial charge in [-0.1, -0.05) is 18.6 Å². The Morgan fingerprint density at radius 1 is 0.975 bits per heavy atom. The van der Waals surface area contributed by atoms with E-state index in [0.29, 0.717) is 30.8 Å². The summed E-state index contributed by atoms with van der Waals surface area (Å²) >= 11 is 0. The molecule has 2 saturated heterocycles. The average Bonchev–Trinajstić information content (AvgIpc) is 2.96. The summed E-state index contributed by atoms with van der Waals surface area (Å²) in [4.78, 5) is 53.0. The lowest BCUT2D eigenvalue weighted by molar-refractivity contribution is -0.253. The monoisotopic (exact) mass is 555 g/mol. The molecule has 40 heavy (non-hydrogen) atoms. The number of carbonyl (C=O) groups is 3. The highest BCUT2D eigenvalue weighted by atomic mass is 16.5. The topological polar surface area (TPSA) is 168 Å². The van der Waals surface area contributed by atoms with E-state index < -0.39 is 53.0 Å². The van der Waals surface area contributed by atoms with E-state index in [4.69, 9.17) is 15.2 Å². The zero-order chi connectivity index (χ0) is 29.1. The number of likely N-dealkylation sites (tertiary alicyclic amines) is 2. The van der Waals surface area contributed by atoms with E-state index in [1.54, 1.807) is 60.7 Å². The number of hydrogen-bond acceptors (Lipinski definition) is 11. The molecule has 2 aromatic rings. The molecule has 0 aromatic carbocycles. The lowest BCUT2D eigenvalue weighted by Crippen LogP contribution is -2.78. The SMILES string of the molecule is COC(=O)C12CN([C@@H](CCCCN)C(=O)O)CC(C(=O)OC)(C(c3ccccn3)N(C)C1c1ccccn1)C2O. The minimum absolute atomic E-state index is 0.195. The van der Waals surface area contributed by atoms with Crippen molar-refractivity contribution in [3.8, 4) is 0 Å². The zero-order valence-electron chi connectivity index (χ0n) is 23.0. The number of ether oxygens (including phenoxy) is 2. The lowest BCUT2D eigenvalue weighted by atomic mass is 9.53. The molecule has 12 heteroatoms. The van der Waals surface area contributed by atoms with Crippen LogP contribution in [0, 0.1) is 10.8 Å². The number of aliphatic hydroxyl groups is 1. The second kappa shape index (κ2) is 12.0. The highest BCUT2D eigenvalue weighted by Gasteiger charge is 2.75. The molecular formula is C28H37N5O7. The molecule has 216 valence electrons. The number of carboxylic acids is 1. The number of aliphatic hydroxyl groups excluding tert-OH is 1. The number of esters is 2. The fraction of sp³-hybridized carbons (Fsp3) is 0.536. The Hall–Kier alpha value is -3.45. The molecule has 0 saturated carbocycles. The molecule has 2 bridgehead atoms. The molecule has 12 nitrogen and oxygen atoms in total. The number of piperidine rings is 2. The maximum atomic E-state index is 13.9. The number of carbonyl (C=O) groups excluding carboxylic acids is 2. The molecule has 5 atom stereocenters. The van der Waals surface area contributed by atoms with Gasteiger partial charge in [-0.25, -0.2) is 0 Å². The van der Waals surface area contributed by atoms with Gasteiger partial charge < -0.3 is 25.4 Å². The quantitative estimate of drug-likeness (QED) is 0.279. The van der Waals surface area contributed by atoms with Gasteiger partial charge in [-0.3, -0.25) is 34.2 Å². The molecule has 0 spiro atoms. The summed E-state index contributed by atoms with van der Waals surface area (Å²) in [6.07, 6.45) is 2.88. The predicted molar refractivity (Wildman–Crippen MR) is 143 cm³/mol. The first-order chi connectivity index (χ1) is 19.2. The van der Waals surface area contributed by atoms with Crippen LogP contribution in [0.25, 0.3) is 0 Å². The number of nitrogens with zero attached hydrogens (tertiary/aromatic N) is 4. The zero-order valence-corrected chi connectivity index (χ0v) is 23.0. The Morgan fingerprint density at radius 2 is 1.48 bits per heavy atom. The number of carboxylic acid groups (broad SMARTS) is 1. The Labute approximate surface area is 233 Å². The van der Waals surface area contributed by atoms with Gasteiger partial charge >= 0.3 is 17.9 Å². The highest BCUT2D eigenvalue weighted by molar-refractivity contribution is 5.86. The number of pyridine rings is 2. The van der Waals surface area contributed by atoms with Crippen molar-refractivity contribution in [2.75, 3.05) is 40.9 Å². The molecule has 0 amide bonds. The average molecular weight is 556 g/mol. The van der Waals surface area contributed by atoms with E-state index in [9.17, 15) is 24.6 Å². The van der Waals surface area contributed by atoms with Crippen LogP contribution in [-0.4, -0.2) is 101 Å². The van der Waals surface area contributed by atoms with E-state index in [1.807, 2.05) is 4.90 Å². The number of rotatable bonds is 10. The van der Waals surface area contributed by atoms with Crippen molar-refractivity contribution in [1.29, 1.82) is 0 Å². The van der Waals surface area contributed by atoms with Gasteiger partial charge in [0, 0.05) is 25.5 Å². The van der Waals surface area contributed by atoms with Gasteiger partial charge in [0.1, 0.15) is 16.9 Å². The van der Waals surface area contributed by atoms with Crippen LogP contribution >= 0.6 is 0 Å². The number of hydrogen-bond donors (Lipinski definition) is 3. The van der Waals surface area contributed by atoms with Gasteiger partial charge in [-0.2, -0.15) is 0 Å². The number of methoxy groups -OCH3 is 2. The molecular weight excluding hydrogens is 518 g/mol. The van der Waals surface area contributed by atoms with Crippen molar-refractivity contribution in [2.24, 2.45) is 16.6 Å². The predicted octanol–water partition coefficient (Wildman–Crippen LogP) is 0.782. The second-order valence-electron chi connectivity index (χ2n) is 10.5. The van der Waals surface area contributed by atoms with E-state index in [0.717, 1.165) is 0 Å². The van der Waals surface area contributed by atoms with E-state index in [2.05, 4.69) is 9.97 Å². The Kier molecular flexibility index (Phi) is 8.83. The van der Waals surface area contributed by atoms with Crippen LogP contribution in [-0.2, 0) is 23.9 Å². The maximum absolute atomic E-state index is 13.9. The summed E-state index contributed by atoms with van der Waals surface area (Å²) in [5, 5.41) is 22.7. The lowest BCUT2D eigenvalue weighted by Gasteiger charge is -2.64. The smallest absolute Gasteiger partial charge is 0.320 e. The van der Waals surface area contributed by atoms with Crippen LogP contribution in [0.5, 0.6) is 0 Å². The van der Waals surface area contributed by atoms with Crippen LogP contribution in [0.3, 0.4) is 0 Å². The third-order valence-corrected chi connectivity index (χ3v) is 8.42. The number of nitrogens with two attached hydrogens (primary N) is 1. The summed E-state index contributed by atoms with van der Waals surface area (Å²) in [7, 11) is 4.16. The molecule has 2 fully saturated rings. The fourth-order valence-electron chi connectivity index (χ4n) is 6.85. The van der Waals surface area contributed by atoms with Crippen LogP contribution in [0.1, 0.15) is 42.7 Å². The largest absolute Gasteiger partial charge is 0.480 e. The van der Waals surface area contributed by atoms with Crippen molar-refractivity contribution in [1.82, 2.24) is 19.8 Å². The normalized spacial score (nSPS) is 29.4. The first kappa shape index (κ1) is 29.5. The van der Waals surface area contributed by atoms with Crippen LogP contribution in [0.15, 0.2) is 48.8 Å². The minimum Gasteiger partial charge on any atom is -0.480 e. The number of fused-ring (bicyclic) bond motifs is 2. The Bertz CT molecular complexity index is 1120. The summed E-state index contributed by atoms with van der Waals surface area (Å²) in [5.41, 5.74) is 2.95. The third-order valence-electron chi connectivity index (χ3n) is 8.42. The first-order valence-electron chi connectivity index (χ1n) is 13.3. The van der Waals surface area contributed by atoms with Gasteiger partial charge in [-0.15, -0.1) is 0 Å². The van der Waals surface area contributed by atoms with Crippen molar-refractivity contribution in [3.05, 3.63) is 60.2 Å². The third kappa shape index (κ3) is 4.64. The second-order valence-corrected chi connectivity index (χ2v) is 10.5. The molecule has 2 aliphatic rings. The van der Waals surface area contributed by atoms with Crippen molar-refractivity contribution >= 4 is 17.9 Å². The van der Waals surface area contributed by atoms with Crippen LogP contribution in [0.2, 0.25) is 0 Å². The molecule has 2 aliphatic heterocycles. The van der Waals surface area contributed by atoms with Crippen molar-refractivity contribution in [2.45, 2.75) is 43.5 Å². The molecule has 0 aliphatic carbocycles. The summed E-state index contributed by atoms with van der Waals surface area (Å²) in [6.45, 7) is 0.0108. The maximum Gasteiger partial charge on any atom is 0.320 e. The van der Waals surface area contributed by atoms with Gasteiger partial charge in [0.25, 0.3) is 0 Å². The van der Waals surface area contributed by atoms with Crippen LogP contribution in [0.4, 0.5) is 0 Å². The highest BCUT2D eigenvalue weighted by Crippen LogP contribution is 2.62. The molecule has 4 heterocycles. The van der Waals surface area contributed by atoms with Gasteiger partial charge in [-0.05, 0) is 50.7 Å². The number of unbranched alkanes of at least 4 members (excludes halogenated alkanes) is 1. The summed E-state index contributed by atoms with van der Waals surface area (Å²) in [5.74, 6) is -2.68. The van der Waals surface area contributed by atoms with Crippen LogP contribution < -0.4 is 5.73 Å². The van der Waals surface area contributed by atoms with E-state index >= 15 is 0 Å². The molecule has 4 unspecified atom stereocenters. The van der Waals surface area contributed by atoms with Crippen molar-refractivity contribution in [3.63, 3.8) is 0 Å². The van der Waals surface area contributed by atoms with Gasteiger partial charge in [0.2, 0.25) is 0 Å². The minimum atomic E-state index is -1.81. The fourth-order valence-corrected chi connectivity index (χ4v) is 6.85. The molecule has 4 rings (SSSR count). The Morgan fingerprint density at radius 3 is 1.85 bits per heavy atom. The summed E-state index contributed by atoms with van der Waals surface area (Å²) in [6, 6.07) is 7.55. The van der Waals surface area contributed by atoms with E-state index in [1.165, 1.54) is 14.2 Å². The van der Waals surface area contributed by atoms with Gasteiger partial charge in [0.15, 0.2) is 0 Å². The Balaban J connectivity index is 2.04. The first-order valence-corrected chi connectivity index (χ1v) is 13.3. The molecule has 2 aromatic heterocycles. The van der Waals surface area contributed by atoms with E-state index in [-0.39, 0.29) is 19.5 Å². The standard InChI is InChI=1S/C28H37N5O7/c1-32-21(18-10-5-8-14-30-18)27(25(37)39-2)16-33(20(23(34)35)12-4-7-13-29)17-28(24(27)36,26(38)40-3)22(32)19-11-6-9-15-31-19/h5-6,8-11,14-15,20-22,24,36H,4,7,12-13,16-17,29H2,1-3H3,(H,34,35)/t20-,21?,22?,24?,27?,28?/m0/s1. The number of aromatic nitrogens is 2. The van der Waals surface area contributed by atoms with Gasteiger partial charge in [0.05, 0.1) is 43.8 Å².